The van der Waals surface area contributed by atoms with Crippen molar-refractivity contribution >= 4 is 11.8 Å². The van der Waals surface area contributed by atoms with Gasteiger partial charge in [-0.25, -0.2) is 0 Å². The SMILES string of the molecule is CC(CC(=O)N1CCCC(C(C)O)C1)NC(=O)c1ccccc1. The average Bonchev–Trinajstić information content (AvgIpc) is 2.55. The zero-order valence-corrected chi connectivity index (χ0v) is 13.9. The molecule has 1 aromatic rings. The van der Waals surface area contributed by atoms with E-state index in [9.17, 15) is 14.7 Å². The summed E-state index contributed by atoms with van der Waals surface area (Å²) in [6.07, 6.45) is 1.78. The molecule has 1 heterocycles. The third kappa shape index (κ3) is 5.06. The molecule has 2 N–H and O–H groups in total. The van der Waals surface area contributed by atoms with Crippen LogP contribution in [0.1, 0.15) is 43.5 Å². The molecule has 5 heteroatoms. The van der Waals surface area contributed by atoms with Crippen molar-refractivity contribution in [2.75, 3.05) is 13.1 Å². The highest BCUT2D eigenvalue weighted by atomic mass is 16.3. The zero-order valence-electron chi connectivity index (χ0n) is 13.9. The second kappa shape index (κ2) is 8.11. The van der Waals surface area contributed by atoms with E-state index >= 15 is 0 Å². The number of aliphatic hydroxyl groups excluding tert-OH is 1. The number of nitrogens with zero attached hydrogens (tertiary/aromatic N) is 1. The molecule has 3 atom stereocenters. The molecule has 2 amide bonds. The van der Waals surface area contributed by atoms with Crippen LogP contribution in [0, 0.1) is 5.92 Å². The summed E-state index contributed by atoms with van der Waals surface area (Å²) in [5.41, 5.74) is 0.596. The molecule has 0 radical (unpaired) electrons. The van der Waals surface area contributed by atoms with Crippen molar-refractivity contribution in [2.45, 2.75) is 45.3 Å². The molecule has 126 valence electrons. The highest BCUT2D eigenvalue weighted by Gasteiger charge is 2.27. The van der Waals surface area contributed by atoms with Crippen LogP contribution >= 0.6 is 0 Å². The maximum absolute atomic E-state index is 12.4. The second-order valence-corrected chi connectivity index (χ2v) is 6.43. The van der Waals surface area contributed by atoms with E-state index in [1.54, 1.807) is 19.1 Å². The van der Waals surface area contributed by atoms with Gasteiger partial charge in [-0.15, -0.1) is 0 Å². The standard InChI is InChI=1S/C18H26N2O3/c1-13(19-18(23)15-7-4-3-5-8-15)11-17(22)20-10-6-9-16(12-20)14(2)21/h3-5,7-8,13-14,16,21H,6,9-12H2,1-2H3,(H,19,23). The van der Waals surface area contributed by atoms with Gasteiger partial charge in [0.25, 0.3) is 5.91 Å². The minimum Gasteiger partial charge on any atom is -0.393 e. The van der Waals surface area contributed by atoms with Crippen LogP contribution in [-0.2, 0) is 4.79 Å². The maximum atomic E-state index is 12.4. The summed E-state index contributed by atoms with van der Waals surface area (Å²) in [5, 5.41) is 12.6. The first-order chi connectivity index (χ1) is 11.0. The van der Waals surface area contributed by atoms with Crippen molar-refractivity contribution in [3.8, 4) is 0 Å². The minimum absolute atomic E-state index is 0.0382. The highest BCUT2D eigenvalue weighted by Crippen LogP contribution is 2.20. The lowest BCUT2D eigenvalue weighted by atomic mass is 9.93. The monoisotopic (exact) mass is 318 g/mol. The van der Waals surface area contributed by atoms with Crippen molar-refractivity contribution in [1.82, 2.24) is 10.2 Å². The Balaban J connectivity index is 1.83. The number of likely N-dealkylation sites (tertiary alicyclic amines) is 1. The molecule has 1 aliphatic heterocycles. The Hall–Kier alpha value is -1.88. The van der Waals surface area contributed by atoms with Gasteiger partial charge in [0, 0.05) is 37.0 Å². The fourth-order valence-electron chi connectivity index (χ4n) is 2.97. The number of hydrogen-bond acceptors (Lipinski definition) is 3. The van der Waals surface area contributed by atoms with Gasteiger partial charge in [0.05, 0.1) is 6.10 Å². The van der Waals surface area contributed by atoms with Crippen molar-refractivity contribution in [1.29, 1.82) is 0 Å². The fourth-order valence-corrected chi connectivity index (χ4v) is 2.97. The lowest BCUT2D eigenvalue weighted by molar-refractivity contribution is -0.134. The van der Waals surface area contributed by atoms with Crippen molar-refractivity contribution in [3.05, 3.63) is 35.9 Å². The van der Waals surface area contributed by atoms with Crippen LogP contribution in [0.5, 0.6) is 0 Å². The van der Waals surface area contributed by atoms with Gasteiger partial charge in [-0.1, -0.05) is 18.2 Å². The first-order valence-electron chi connectivity index (χ1n) is 8.29. The summed E-state index contributed by atoms with van der Waals surface area (Å²) in [4.78, 5) is 26.3. The maximum Gasteiger partial charge on any atom is 0.251 e. The van der Waals surface area contributed by atoms with Crippen LogP contribution in [0.2, 0.25) is 0 Å². The van der Waals surface area contributed by atoms with E-state index < -0.39 is 0 Å². The van der Waals surface area contributed by atoms with Crippen LogP contribution in [0.3, 0.4) is 0 Å². The van der Waals surface area contributed by atoms with Gasteiger partial charge in [0.1, 0.15) is 0 Å². The van der Waals surface area contributed by atoms with Crippen LogP contribution in [0.25, 0.3) is 0 Å². The third-order valence-electron chi connectivity index (χ3n) is 4.39. The van der Waals surface area contributed by atoms with E-state index in [1.807, 2.05) is 30.0 Å². The van der Waals surface area contributed by atoms with E-state index in [1.165, 1.54) is 0 Å². The molecule has 0 bridgehead atoms. The van der Waals surface area contributed by atoms with E-state index in [2.05, 4.69) is 5.32 Å². The van der Waals surface area contributed by atoms with Crippen LogP contribution in [0.15, 0.2) is 30.3 Å². The topological polar surface area (TPSA) is 69.6 Å². The smallest absolute Gasteiger partial charge is 0.251 e. The Morgan fingerprint density at radius 3 is 2.65 bits per heavy atom. The Kier molecular flexibility index (Phi) is 6.16. The molecule has 1 aromatic carbocycles. The molecule has 0 aliphatic carbocycles. The molecular weight excluding hydrogens is 292 g/mol. The molecule has 2 rings (SSSR count). The number of carbonyl (C=O) groups excluding carboxylic acids is 2. The predicted molar refractivity (Wildman–Crippen MR) is 89.0 cm³/mol. The summed E-state index contributed by atoms with van der Waals surface area (Å²) in [7, 11) is 0. The highest BCUT2D eigenvalue weighted by molar-refractivity contribution is 5.94. The van der Waals surface area contributed by atoms with Crippen LogP contribution in [0.4, 0.5) is 0 Å². The third-order valence-corrected chi connectivity index (χ3v) is 4.39. The zero-order chi connectivity index (χ0) is 16.8. The van der Waals surface area contributed by atoms with Crippen molar-refractivity contribution in [3.63, 3.8) is 0 Å². The quantitative estimate of drug-likeness (QED) is 0.870. The number of piperidine rings is 1. The van der Waals surface area contributed by atoms with Gasteiger partial charge in [-0.2, -0.15) is 0 Å². The molecular formula is C18H26N2O3. The molecule has 0 spiro atoms. The molecule has 1 fully saturated rings. The first kappa shape index (κ1) is 17.5. The lowest BCUT2D eigenvalue weighted by Gasteiger charge is -2.34. The molecule has 0 aromatic heterocycles. The van der Waals surface area contributed by atoms with Crippen LogP contribution in [-0.4, -0.2) is 47.1 Å². The van der Waals surface area contributed by atoms with Crippen molar-refractivity contribution < 1.29 is 14.7 Å². The molecule has 0 saturated carbocycles. The van der Waals surface area contributed by atoms with Gasteiger partial charge in [0.15, 0.2) is 0 Å². The number of rotatable bonds is 5. The Labute approximate surface area is 137 Å². The minimum atomic E-state index is -0.388. The van der Waals surface area contributed by atoms with E-state index in [-0.39, 0.29) is 36.3 Å². The Morgan fingerprint density at radius 1 is 1.30 bits per heavy atom. The Morgan fingerprint density at radius 2 is 2.00 bits per heavy atom. The molecule has 1 saturated heterocycles. The van der Waals surface area contributed by atoms with Gasteiger partial charge in [0.2, 0.25) is 5.91 Å². The number of nitrogens with one attached hydrogen (secondary N) is 1. The van der Waals surface area contributed by atoms with E-state index in [0.29, 0.717) is 12.1 Å². The number of hydrogen-bond donors (Lipinski definition) is 2. The van der Waals surface area contributed by atoms with Crippen molar-refractivity contribution in [2.24, 2.45) is 5.92 Å². The largest absolute Gasteiger partial charge is 0.393 e. The molecule has 3 unspecified atom stereocenters. The van der Waals surface area contributed by atoms with Gasteiger partial charge in [-0.3, -0.25) is 9.59 Å². The number of carbonyl (C=O) groups is 2. The summed E-state index contributed by atoms with van der Waals surface area (Å²) in [6, 6.07) is 8.77. The number of amides is 2. The molecule has 1 aliphatic rings. The summed E-state index contributed by atoms with van der Waals surface area (Å²) < 4.78 is 0. The first-order valence-corrected chi connectivity index (χ1v) is 8.29. The van der Waals surface area contributed by atoms with E-state index in [0.717, 1.165) is 19.4 Å². The second-order valence-electron chi connectivity index (χ2n) is 6.43. The van der Waals surface area contributed by atoms with Crippen LogP contribution < -0.4 is 5.32 Å². The lowest BCUT2D eigenvalue weighted by Crippen LogP contribution is -2.45. The average molecular weight is 318 g/mol. The summed E-state index contributed by atoms with van der Waals surface area (Å²) in [5.74, 6) is 0.0320. The van der Waals surface area contributed by atoms with Gasteiger partial charge < -0.3 is 15.3 Å². The Bertz CT molecular complexity index is 530. The normalized spacial score (nSPS) is 20.7. The van der Waals surface area contributed by atoms with E-state index in [4.69, 9.17) is 0 Å². The predicted octanol–water partition coefficient (Wildman–Crippen LogP) is 1.81. The fraction of sp³-hybridized carbons (Fsp3) is 0.556. The van der Waals surface area contributed by atoms with Gasteiger partial charge >= 0.3 is 0 Å². The van der Waals surface area contributed by atoms with Gasteiger partial charge in [-0.05, 0) is 38.8 Å². The molecule has 5 nitrogen and oxygen atoms in total. The summed E-state index contributed by atoms with van der Waals surface area (Å²) in [6.45, 7) is 4.97. The number of aliphatic hydroxyl groups is 1. The number of benzene rings is 1. The summed E-state index contributed by atoms with van der Waals surface area (Å²) >= 11 is 0. The molecule has 23 heavy (non-hydrogen) atoms.